The number of hydrogen-bond acceptors (Lipinski definition) is 4. The smallest absolute Gasteiger partial charge is 0.257 e. The zero-order valence-corrected chi connectivity index (χ0v) is 15.2. The average Bonchev–Trinajstić information content (AvgIpc) is 2.67. The average molecular weight is 351 g/mol. The predicted octanol–water partition coefficient (Wildman–Crippen LogP) is 2.83. The molecular weight excluding hydrogens is 326 g/mol. The predicted molar refractivity (Wildman–Crippen MR) is 100 cm³/mol. The standard InChI is InChI=1S/C21H25N3O2/c1-2-26-20-6-4-3-5-18(20)21(25)23-12-9-17-14-24(19(17)15-23)13-16-7-10-22-11-8-16/h3-8,10-11,17,19H,2,9,12-15H2,1H3/t17-,19-/m1/s1. The van der Waals surface area contributed by atoms with E-state index < -0.39 is 0 Å². The highest BCUT2D eigenvalue weighted by molar-refractivity contribution is 5.97. The van der Waals surface area contributed by atoms with Crippen LogP contribution in [0.4, 0.5) is 0 Å². The first-order chi connectivity index (χ1) is 12.8. The minimum Gasteiger partial charge on any atom is -0.493 e. The fourth-order valence-electron chi connectivity index (χ4n) is 4.09. The second-order valence-electron chi connectivity index (χ2n) is 7.08. The molecule has 0 N–H and O–H groups in total. The van der Waals surface area contributed by atoms with Gasteiger partial charge >= 0.3 is 0 Å². The van der Waals surface area contributed by atoms with Gasteiger partial charge in [0.2, 0.25) is 0 Å². The SMILES string of the molecule is CCOc1ccccc1C(=O)N1CC[C@@H]2CN(Cc3ccncc3)[C@@H]2C1. The lowest BCUT2D eigenvalue weighted by atomic mass is 9.81. The molecule has 5 heteroatoms. The van der Waals surface area contributed by atoms with Crippen molar-refractivity contribution in [2.24, 2.45) is 5.92 Å². The number of carbonyl (C=O) groups excluding carboxylic acids is 1. The summed E-state index contributed by atoms with van der Waals surface area (Å²) >= 11 is 0. The number of rotatable bonds is 5. The third-order valence-electron chi connectivity index (χ3n) is 5.50. The van der Waals surface area contributed by atoms with Crippen LogP contribution >= 0.6 is 0 Å². The number of hydrogen-bond donors (Lipinski definition) is 0. The van der Waals surface area contributed by atoms with E-state index in [-0.39, 0.29) is 5.91 Å². The van der Waals surface area contributed by atoms with Gasteiger partial charge in [0.1, 0.15) is 5.75 Å². The molecule has 0 spiro atoms. The molecule has 0 unspecified atom stereocenters. The number of benzene rings is 1. The molecule has 26 heavy (non-hydrogen) atoms. The molecule has 2 atom stereocenters. The van der Waals surface area contributed by atoms with Gasteiger partial charge in [-0.05, 0) is 49.1 Å². The number of fused-ring (bicyclic) bond motifs is 1. The number of carbonyl (C=O) groups is 1. The van der Waals surface area contributed by atoms with Crippen LogP contribution in [0.3, 0.4) is 0 Å². The third-order valence-corrected chi connectivity index (χ3v) is 5.50. The Labute approximate surface area is 154 Å². The number of para-hydroxylation sites is 1. The highest BCUT2D eigenvalue weighted by atomic mass is 16.5. The fraction of sp³-hybridized carbons (Fsp3) is 0.429. The van der Waals surface area contributed by atoms with Crippen LogP contribution in [-0.4, -0.2) is 53.0 Å². The molecule has 3 heterocycles. The number of ether oxygens (including phenoxy) is 1. The molecule has 1 aromatic heterocycles. The van der Waals surface area contributed by atoms with Gasteiger partial charge in [0.25, 0.3) is 5.91 Å². The number of piperidine rings is 1. The van der Waals surface area contributed by atoms with Crippen LogP contribution in [-0.2, 0) is 6.54 Å². The molecule has 5 nitrogen and oxygen atoms in total. The third kappa shape index (κ3) is 3.31. The Morgan fingerprint density at radius 1 is 1.19 bits per heavy atom. The highest BCUT2D eigenvalue weighted by Crippen LogP contribution is 2.34. The lowest BCUT2D eigenvalue weighted by Crippen LogP contribution is -2.64. The molecule has 2 aliphatic heterocycles. The largest absolute Gasteiger partial charge is 0.493 e. The molecular formula is C21H25N3O2. The van der Waals surface area contributed by atoms with Crippen LogP contribution in [0.1, 0.15) is 29.3 Å². The van der Waals surface area contributed by atoms with Crippen LogP contribution in [0.5, 0.6) is 5.75 Å². The van der Waals surface area contributed by atoms with E-state index >= 15 is 0 Å². The number of likely N-dealkylation sites (tertiary alicyclic amines) is 2. The van der Waals surface area contributed by atoms with Gasteiger partial charge in [0.05, 0.1) is 12.2 Å². The van der Waals surface area contributed by atoms with Crippen LogP contribution in [0.15, 0.2) is 48.8 Å². The van der Waals surface area contributed by atoms with Crippen molar-refractivity contribution < 1.29 is 9.53 Å². The summed E-state index contributed by atoms with van der Waals surface area (Å²) in [6.45, 7) is 6.21. The maximum absolute atomic E-state index is 13.1. The number of nitrogens with zero attached hydrogens (tertiary/aromatic N) is 3. The molecule has 1 amide bonds. The Hall–Kier alpha value is -2.40. The van der Waals surface area contributed by atoms with Crippen molar-refractivity contribution in [2.75, 3.05) is 26.2 Å². The summed E-state index contributed by atoms with van der Waals surface area (Å²) in [5, 5.41) is 0. The molecule has 2 aromatic rings. The maximum atomic E-state index is 13.1. The van der Waals surface area contributed by atoms with Crippen molar-refractivity contribution >= 4 is 5.91 Å². The Bertz CT molecular complexity index is 765. The van der Waals surface area contributed by atoms with Gasteiger partial charge in [0, 0.05) is 44.6 Å². The summed E-state index contributed by atoms with van der Waals surface area (Å²) < 4.78 is 5.65. The van der Waals surface area contributed by atoms with E-state index in [9.17, 15) is 4.79 Å². The van der Waals surface area contributed by atoms with Crippen LogP contribution in [0, 0.1) is 5.92 Å². The number of amides is 1. The lowest BCUT2D eigenvalue weighted by Gasteiger charge is -2.53. The van der Waals surface area contributed by atoms with Crippen LogP contribution in [0.2, 0.25) is 0 Å². The first-order valence-corrected chi connectivity index (χ1v) is 9.40. The van der Waals surface area contributed by atoms with Gasteiger partial charge in [-0.25, -0.2) is 0 Å². The highest BCUT2D eigenvalue weighted by Gasteiger charge is 2.43. The van der Waals surface area contributed by atoms with E-state index in [0.29, 0.717) is 29.9 Å². The quantitative estimate of drug-likeness (QED) is 0.831. The molecule has 0 radical (unpaired) electrons. The van der Waals surface area contributed by atoms with Crippen molar-refractivity contribution in [3.8, 4) is 5.75 Å². The molecule has 0 saturated carbocycles. The zero-order valence-electron chi connectivity index (χ0n) is 15.2. The summed E-state index contributed by atoms with van der Waals surface area (Å²) in [5.74, 6) is 1.48. The van der Waals surface area contributed by atoms with Crippen molar-refractivity contribution in [1.82, 2.24) is 14.8 Å². The van der Waals surface area contributed by atoms with Gasteiger partial charge in [0.15, 0.2) is 0 Å². The monoisotopic (exact) mass is 351 g/mol. The van der Waals surface area contributed by atoms with Crippen molar-refractivity contribution in [1.29, 1.82) is 0 Å². The van der Waals surface area contributed by atoms with E-state index in [0.717, 1.165) is 32.6 Å². The molecule has 2 fully saturated rings. The summed E-state index contributed by atoms with van der Waals surface area (Å²) in [7, 11) is 0. The number of pyridine rings is 1. The fourth-order valence-corrected chi connectivity index (χ4v) is 4.09. The summed E-state index contributed by atoms with van der Waals surface area (Å²) in [6.07, 6.45) is 4.77. The topological polar surface area (TPSA) is 45.7 Å². The first-order valence-electron chi connectivity index (χ1n) is 9.40. The van der Waals surface area contributed by atoms with E-state index in [1.165, 1.54) is 5.56 Å². The Kier molecular flexibility index (Phi) is 4.89. The molecule has 4 rings (SSSR count). The number of aromatic nitrogens is 1. The molecule has 136 valence electrons. The minimum absolute atomic E-state index is 0.0864. The molecule has 2 aliphatic rings. The van der Waals surface area contributed by atoms with E-state index in [2.05, 4.69) is 22.0 Å². The zero-order chi connectivity index (χ0) is 17.9. The molecule has 0 bridgehead atoms. The second kappa shape index (κ2) is 7.46. The normalized spacial score (nSPS) is 22.4. The second-order valence-corrected chi connectivity index (χ2v) is 7.08. The minimum atomic E-state index is 0.0864. The van der Waals surface area contributed by atoms with Crippen LogP contribution < -0.4 is 4.74 Å². The molecule has 2 saturated heterocycles. The van der Waals surface area contributed by atoms with Gasteiger partial charge in [-0.15, -0.1) is 0 Å². The van der Waals surface area contributed by atoms with E-state index in [1.54, 1.807) is 0 Å². The van der Waals surface area contributed by atoms with Crippen molar-refractivity contribution in [3.63, 3.8) is 0 Å². The maximum Gasteiger partial charge on any atom is 0.257 e. The van der Waals surface area contributed by atoms with Gasteiger partial charge in [-0.1, -0.05) is 12.1 Å². The Morgan fingerprint density at radius 2 is 2.00 bits per heavy atom. The summed E-state index contributed by atoms with van der Waals surface area (Å²) in [4.78, 5) is 21.6. The van der Waals surface area contributed by atoms with Crippen LogP contribution in [0.25, 0.3) is 0 Å². The van der Waals surface area contributed by atoms with Gasteiger partial charge < -0.3 is 9.64 Å². The molecule has 0 aliphatic carbocycles. The van der Waals surface area contributed by atoms with Crippen molar-refractivity contribution in [2.45, 2.75) is 25.9 Å². The van der Waals surface area contributed by atoms with E-state index in [1.807, 2.05) is 48.5 Å². The first kappa shape index (κ1) is 17.0. The van der Waals surface area contributed by atoms with Gasteiger partial charge in [-0.3, -0.25) is 14.7 Å². The van der Waals surface area contributed by atoms with E-state index in [4.69, 9.17) is 4.74 Å². The summed E-state index contributed by atoms with van der Waals surface area (Å²) in [6, 6.07) is 12.2. The van der Waals surface area contributed by atoms with Crippen molar-refractivity contribution in [3.05, 3.63) is 59.9 Å². The Morgan fingerprint density at radius 3 is 2.81 bits per heavy atom. The lowest BCUT2D eigenvalue weighted by molar-refractivity contribution is -0.0428. The van der Waals surface area contributed by atoms with Gasteiger partial charge in [-0.2, -0.15) is 0 Å². The molecule has 1 aromatic carbocycles. The Balaban J connectivity index is 1.44. The summed E-state index contributed by atoms with van der Waals surface area (Å²) in [5.41, 5.74) is 1.95.